The number of rotatable bonds is 5. The monoisotopic (exact) mass is 262 g/mol. The lowest BCUT2D eigenvalue weighted by molar-refractivity contribution is -0.121. The Hall–Kier alpha value is -2.18. The molecule has 0 aliphatic carbocycles. The lowest BCUT2D eigenvalue weighted by Gasteiger charge is -2.16. The lowest BCUT2D eigenvalue weighted by atomic mass is 10.00. The molecule has 1 aromatic carbocycles. The Balaban J connectivity index is 2.34. The van der Waals surface area contributed by atoms with Crippen LogP contribution in [0.4, 0.5) is 0 Å². The van der Waals surface area contributed by atoms with E-state index in [0.717, 1.165) is 5.52 Å². The normalized spacial score (nSPS) is 14.2. The van der Waals surface area contributed by atoms with Crippen LogP contribution in [0.5, 0.6) is 0 Å². The quantitative estimate of drug-likeness (QED) is 0.578. The topological polar surface area (TPSA) is 116 Å². The third kappa shape index (κ3) is 2.64. The molecule has 1 aromatic heterocycles. The van der Waals surface area contributed by atoms with Crippen molar-refractivity contribution in [3.8, 4) is 0 Å². The highest BCUT2D eigenvalue weighted by Crippen LogP contribution is 2.25. The van der Waals surface area contributed by atoms with E-state index in [4.69, 9.17) is 5.73 Å². The van der Waals surface area contributed by atoms with E-state index in [9.17, 15) is 19.8 Å². The van der Waals surface area contributed by atoms with E-state index in [1.165, 1.54) is 0 Å². The number of benzene rings is 1. The molecule has 1 heterocycles. The highest BCUT2D eigenvalue weighted by atomic mass is 16.3. The van der Waals surface area contributed by atoms with Crippen LogP contribution in [-0.4, -0.2) is 33.5 Å². The summed E-state index contributed by atoms with van der Waals surface area (Å²) in [6.07, 6.45) is -0.560. The fourth-order valence-electron chi connectivity index (χ4n) is 1.98. The van der Waals surface area contributed by atoms with Crippen LogP contribution < -0.4 is 5.73 Å². The Morgan fingerprint density at radius 2 is 2.16 bits per heavy atom. The van der Waals surface area contributed by atoms with E-state index in [0.29, 0.717) is 22.8 Å². The number of aldehydes is 1. The van der Waals surface area contributed by atoms with Crippen molar-refractivity contribution < 1.29 is 19.8 Å². The van der Waals surface area contributed by atoms with Crippen molar-refractivity contribution in [2.24, 2.45) is 5.73 Å². The number of carbonyl (C=O) groups excluding carboxylic acids is 2. The number of hydrogen-bond donors (Lipinski definition) is 4. The van der Waals surface area contributed by atoms with Gasteiger partial charge < -0.3 is 20.9 Å². The van der Waals surface area contributed by atoms with Gasteiger partial charge in [-0.2, -0.15) is 0 Å². The van der Waals surface area contributed by atoms with E-state index in [1.807, 2.05) is 0 Å². The molecule has 0 fully saturated rings. The number of primary amides is 1. The maximum atomic E-state index is 10.8. The smallest absolute Gasteiger partial charge is 0.220 e. The number of aromatic amines is 1. The van der Waals surface area contributed by atoms with Crippen molar-refractivity contribution in [1.29, 1.82) is 0 Å². The van der Waals surface area contributed by atoms with Crippen LogP contribution in [0.2, 0.25) is 0 Å². The predicted octanol–water partition coefficient (Wildman–Crippen LogP) is 0.250. The van der Waals surface area contributed by atoms with Gasteiger partial charge in [-0.3, -0.25) is 9.59 Å². The molecule has 2 atom stereocenters. The molecule has 0 saturated heterocycles. The SMILES string of the molecule is NC(=O)CC(O)C(O)c1ccc2[nH]cc(C=O)c2c1. The van der Waals surface area contributed by atoms with Crippen molar-refractivity contribution in [3.05, 3.63) is 35.5 Å². The molecule has 0 aliphatic heterocycles. The summed E-state index contributed by atoms with van der Waals surface area (Å²) in [7, 11) is 0. The number of amides is 1. The maximum Gasteiger partial charge on any atom is 0.220 e. The largest absolute Gasteiger partial charge is 0.390 e. The summed E-state index contributed by atoms with van der Waals surface area (Å²) in [4.78, 5) is 24.5. The Morgan fingerprint density at radius 3 is 2.79 bits per heavy atom. The first-order valence-corrected chi connectivity index (χ1v) is 5.73. The zero-order valence-corrected chi connectivity index (χ0v) is 10.0. The van der Waals surface area contributed by atoms with Gasteiger partial charge in [0.05, 0.1) is 12.5 Å². The second-order valence-electron chi connectivity index (χ2n) is 4.35. The fourth-order valence-corrected chi connectivity index (χ4v) is 1.98. The molecular weight excluding hydrogens is 248 g/mol. The first kappa shape index (κ1) is 13.3. The number of hydrogen-bond acceptors (Lipinski definition) is 4. The molecule has 0 spiro atoms. The molecule has 19 heavy (non-hydrogen) atoms. The number of nitrogens with two attached hydrogens (primary N) is 1. The first-order valence-electron chi connectivity index (χ1n) is 5.73. The minimum Gasteiger partial charge on any atom is -0.390 e. The van der Waals surface area contributed by atoms with Gasteiger partial charge in [-0.15, -0.1) is 0 Å². The summed E-state index contributed by atoms with van der Waals surface area (Å²) in [6, 6.07) is 4.91. The van der Waals surface area contributed by atoms with Gasteiger partial charge in [0.15, 0.2) is 6.29 Å². The van der Waals surface area contributed by atoms with Crippen molar-refractivity contribution in [2.75, 3.05) is 0 Å². The number of nitrogens with one attached hydrogen (secondary N) is 1. The second-order valence-corrected chi connectivity index (χ2v) is 4.35. The van der Waals surface area contributed by atoms with Gasteiger partial charge in [0, 0.05) is 22.7 Å². The number of fused-ring (bicyclic) bond motifs is 1. The molecule has 2 aromatic rings. The first-order chi connectivity index (χ1) is 9.02. The highest BCUT2D eigenvalue weighted by molar-refractivity contribution is 5.97. The molecule has 0 aliphatic rings. The van der Waals surface area contributed by atoms with Gasteiger partial charge in [-0.25, -0.2) is 0 Å². The van der Waals surface area contributed by atoms with Gasteiger partial charge in [0.1, 0.15) is 6.10 Å². The van der Waals surface area contributed by atoms with Gasteiger partial charge >= 0.3 is 0 Å². The Morgan fingerprint density at radius 1 is 1.42 bits per heavy atom. The van der Waals surface area contributed by atoms with Gasteiger partial charge in [-0.1, -0.05) is 6.07 Å². The third-order valence-electron chi connectivity index (χ3n) is 2.98. The van der Waals surface area contributed by atoms with E-state index in [-0.39, 0.29) is 6.42 Å². The van der Waals surface area contributed by atoms with E-state index < -0.39 is 18.1 Å². The third-order valence-corrected chi connectivity index (χ3v) is 2.98. The van der Waals surface area contributed by atoms with Gasteiger partial charge in [0.25, 0.3) is 0 Å². The van der Waals surface area contributed by atoms with E-state index in [1.54, 1.807) is 24.4 Å². The van der Waals surface area contributed by atoms with Gasteiger partial charge in [0.2, 0.25) is 5.91 Å². The number of aliphatic hydroxyl groups excluding tert-OH is 2. The minimum atomic E-state index is -1.27. The molecule has 5 N–H and O–H groups in total. The van der Waals surface area contributed by atoms with E-state index in [2.05, 4.69) is 4.98 Å². The van der Waals surface area contributed by atoms with Crippen LogP contribution in [0.3, 0.4) is 0 Å². The van der Waals surface area contributed by atoms with Crippen LogP contribution in [0.1, 0.15) is 28.4 Å². The van der Waals surface area contributed by atoms with Crippen LogP contribution >= 0.6 is 0 Å². The predicted molar refractivity (Wildman–Crippen MR) is 68.5 cm³/mol. The van der Waals surface area contributed by atoms with Crippen LogP contribution in [0.25, 0.3) is 10.9 Å². The number of carbonyl (C=O) groups is 2. The van der Waals surface area contributed by atoms with E-state index >= 15 is 0 Å². The van der Waals surface area contributed by atoms with Crippen molar-refractivity contribution in [3.63, 3.8) is 0 Å². The summed E-state index contributed by atoms with van der Waals surface area (Å²) >= 11 is 0. The summed E-state index contributed by atoms with van der Waals surface area (Å²) in [5, 5.41) is 20.3. The molecule has 2 rings (SSSR count). The summed E-state index contributed by atoms with van der Waals surface area (Å²) < 4.78 is 0. The zero-order chi connectivity index (χ0) is 14.0. The molecule has 100 valence electrons. The second kappa shape index (κ2) is 5.21. The van der Waals surface area contributed by atoms with Crippen LogP contribution in [0.15, 0.2) is 24.4 Å². The molecule has 1 amide bonds. The molecule has 0 bridgehead atoms. The standard InChI is InChI=1S/C13H14N2O4/c14-12(18)4-11(17)13(19)7-1-2-10-9(3-7)8(6-16)5-15-10/h1-3,5-6,11,13,15,17,19H,4H2,(H2,14,18). The summed E-state index contributed by atoms with van der Waals surface area (Å²) in [6.45, 7) is 0. The van der Waals surface area contributed by atoms with Crippen molar-refractivity contribution in [2.45, 2.75) is 18.6 Å². The number of aromatic nitrogens is 1. The van der Waals surface area contributed by atoms with Crippen LogP contribution in [-0.2, 0) is 4.79 Å². The molecule has 0 radical (unpaired) electrons. The van der Waals surface area contributed by atoms with Gasteiger partial charge in [-0.05, 0) is 17.7 Å². The van der Waals surface area contributed by atoms with Crippen LogP contribution in [0, 0.1) is 0 Å². The molecule has 6 nitrogen and oxygen atoms in total. The average Bonchev–Trinajstić information content (AvgIpc) is 2.78. The van der Waals surface area contributed by atoms with Crippen molar-refractivity contribution >= 4 is 23.1 Å². The molecular formula is C13H14N2O4. The fraction of sp³-hybridized carbons (Fsp3) is 0.231. The maximum absolute atomic E-state index is 10.8. The minimum absolute atomic E-state index is 0.327. The Labute approximate surface area is 108 Å². The summed E-state index contributed by atoms with van der Waals surface area (Å²) in [5.74, 6) is -0.692. The number of aliphatic hydroxyl groups is 2. The molecule has 6 heteroatoms. The molecule has 0 saturated carbocycles. The Kier molecular flexibility index (Phi) is 3.64. The molecule has 2 unspecified atom stereocenters. The number of H-pyrrole nitrogens is 1. The van der Waals surface area contributed by atoms with Crippen molar-refractivity contribution in [1.82, 2.24) is 4.98 Å². The zero-order valence-electron chi connectivity index (χ0n) is 10.0. The Bertz CT molecular complexity index is 620. The summed E-state index contributed by atoms with van der Waals surface area (Å²) in [5.41, 5.74) is 6.61. The lowest BCUT2D eigenvalue weighted by Crippen LogP contribution is -2.25. The average molecular weight is 262 g/mol. The highest BCUT2D eigenvalue weighted by Gasteiger charge is 2.21.